The van der Waals surface area contributed by atoms with Gasteiger partial charge in [-0.1, -0.05) is 163 Å². The van der Waals surface area contributed by atoms with Gasteiger partial charge in [0.2, 0.25) is 0 Å². The van der Waals surface area contributed by atoms with Crippen LogP contribution in [0.3, 0.4) is 0 Å². The lowest BCUT2D eigenvalue weighted by molar-refractivity contribution is -0.384. The van der Waals surface area contributed by atoms with Crippen molar-refractivity contribution in [2.45, 2.75) is 271 Å². The molecule has 9 nitrogen and oxygen atoms in total. The first-order valence-electron chi connectivity index (χ1n) is 27.2. The topological polar surface area (TPSA) is 104 Å². The molecule has 1 aromatic carbocycles. The molecule has 0 amide bonds. The highest BCUT2D eigenvalue weighted by Crippen LogP contribution is 2.23. The van der Waals surface area contributed by atoms with Gasteiger partial charge in [0.1, 0.15) is 12.2 Å². The second-order valence-corrected chi connectivity index (χ2v) is 19.0. The van der Waals surface area contributed by atoms with Gasteiger partial charge in [0.15, 0.2) is 0 Å². The van der Waals surface area contributed by atoms with Gasteiger partial charge in [-0.25, -0.2) is 0 Å². The third-order valence-electron chi connectivity index (χ3n) is 13.2. The molecule has 0 aliphatic carbocycles. The summed E-state index contributed by atoms with van der Waals surface area (Å²) in [7, 11) is 0. The van der Waals surface area contributed by atoms with Crippen molar-refractivity contribution in [1.29, 1.82) is 0 Å². The summed E-state index contributed by atoms with van der Waals surface area (Å²) < 4.78 is 14.1. The molecule has 64 heavy (non-hydrogen) atoms. The molecule has 0 N–H and O–H groups in total. The van der Waals surface area contributed by atoms with E-state index in [0.29, 0.717) is 12.8 Å². The first kappa shape index (κ1) is 57.2. The highest BCUT2D eigenvalue weighted by atomic mass is 16.6. The van der Waals surface area contributed by atoms with Crippen LogP contribution in [0.1, 0.15) is 252 Å². The Morgan fingerprint density at radius 2 is 0.969 bits per heavy atom. The molecular weight excluding hydrogens is 799 g/mol. The number of ether oxygens (including phenoxy) is 2. The maximum atomic E-state index is 12.9. The Morgan fingerprint density at radius 3 is 1.45 bits per heavy atom. The van der Waals surface area contributed by atoms with E-state index in [-0.39, 0.29) is 34.8 Å². The summed E-state index contributed by atoms with van der Waals surface area (Å²) in [4.78, 5) is 39.1. The van der Waals surface area contributed by atoms with Gasteiger partial charge in [-0.3, -0.25) is 19.7 Å². The van der Waals surface area contributed by atoms with Crippen LogP contribution in [0.25, 0.3) is 10.9 Å². The van der Waals surface area contributed by atoms with Crippen LogP contribution in [-0.4, -0.2) is 58.2 Å². The molecule has 368 valence electrons. The number of hydrogen-bond acceptors (Lipinski definition) is 7. The van der Waals surface area contributed by atoms with Gasteiger partial charge in [-0.05, 0) is 109 Å². The number of aryl methyl sites for hydroxylation is 1. The van der Waals surface area contributed by atoms with Gasteiger partial charge in [-0.2, -0.15) is 0 Å². The Kier molecular flexibility index (Phi) is 35.1. The van der Waals surface area contributed by atoms with Crippen LogP contribution in [0.5, 0.6) is 0 Å². The number of carbonyl (C=O) groups is 2. The Labute approximate surface area is 392 Å². The second kappa shape index (κ2) is 39.2. The molecule has 0 saturated heterocycles. The number of nitro benzene ring substituents is 1. The quantitative estimate of drug-likeness (QED) is 0.0282. The first-order chi connectivity index (χ1) is 31.3. The van der Waals surface area contributed by atoms with E-state index in [2.05, 4.69) is 37.2 Å². The van der Waals surface area contributed by atoms with Crippen molar-refractivity contribution in [1.82, 2.24) is 9.47 Å². The van der Waals surface area contributed by atoms with E-state index >= 15 is 0 Å². The second-order valence-electron chi connectivity index (χ2n) is 19.0. The number of aromatic nitrogens is 1. The fourth-order valence-corrected chi connectivity index (χ4v) is 9.12. The molecule has 0 fully saturated rings. The molecular formula is C55H97N3O6. The summed E-state index contributed by atoms with van der Waals surface area (Å²) in [6.07, 6.45) is 41.9. The molecule has 2 rings (SSSR count). The number of nitrogens with zero attached hydrogens (tertiary/aromatic N) is 3. The number of carbonyl (C=O) groups excluding carboxylic acids is 2. The molecule has 1 atom stereocenters. The lowest BCUT2D eigenvalue weighted by atomic mass is 10.0. The maximum Gasteiger partial charge on any atom is 0.306 e. The summed E-state index contributed by atoms with van der Waals surface area (Å²) in [6.45, 7) is 12.9. The Bertz CT molecular complexity index is 1430. The minimum Gasteiger partial charge on any atom is -0.462 e. The summed E-state index contributed by atoms with van der Waals surface area (Å²) in [5.74, 6) is -0.0189. The predicted octanol–water partition coefficient (Wildman–Crippen LogP) is 16.4. The zero-order valence-electron chi connectivity index (χ0n) is 41.9. The number of rotatable bonds is 45. The maximum absolute atomic E-state index is 12.9. The van der Waals surface area contributed by atoms with Crippen molar-refractivity contribution in [2.75, 3.05) is 19.6 Å². The van der Waals surface area contributed by atoms with Gasteiger partial charge in [0, 0.05) is 48.6 Å². The first-order valence-corrected chi connectivity index (χ1v) is 27.2. The lowest BCUT2D eigenvalue weighted by Gasteiger charge is -2.22. The highest BCUT2D eigenvalue weighted by molar-refractivity contribution is 5.82. The Hall–Kier alpha value is -2.94. The third kappa shape index (κ3) is 28.9. The van der Waals surface area contributed by atoms with Crippen LogP contribution >= 0.6 is 0 Å². The zero-order valence-corrected chi connectivity index (χ0v) is 41.9. The Balaban J connectivity index is 1.74. The summed E-state index contributed by atoms with van der Waals surface area (Å²) in [6, 6.07) is 7.10. The molecule has 0 aliphatic rings. The SMILES string of the molecule is CCCCCCCCC(CC)OC(=O)CCCCCCCN(CCCCCCCC(=O)OC(CCCCCCCC)CCCCCCCC)CCCn1ccc2cc([N+](=O)[O-])ccc21. The van der Waals surface area contributed by atoms with E-state index in [9.17, 15) is 19.7 Å². The van der Waals surface area contributed by atoms with E-state index in [1.807, 2.05) is 18.3 Å². The monoisotopic (exact) mass is 896 g/mol. The van der Waals surface area contributed by atoms with Crippen LogP contribution in [0.2, 0.25) is 0 Å². The van der Waals surface area contributed by atoms with E-state index in [0.717, 1.165) is 133 Å². The highest BCUT2D eigenvalue weighted by Gasteiger charge is 2.16. The smallest absolute Gasteiger partial charge is 0.306 e. The molecule has 1 heterocycles. The van der Waals surface area contributed by atoms with Gasteiger partial charge >= 0.3 is 11.9 Å². The van der Waals surface area contributed by atoms with Crippen molar-refractivity contribution in [3.63, 3.8) is 0 Å². The Morgan fingerprint density at radius 1 is 0.547 bits per heavy atom. The van der Waals surface area contributed by atoms with E-state index < -0.39 is 0 Å². The number of fused-ring (bicyclic) bond motifs is 1. The van der Waals surface area contributed by atoms with Crippen molar-refractivity contribution >= 4 is 28.5 Å². The normalized spacial score (nSPS) is 12.2. The fourth-order valence-electron chi connectivity index (χ4n) is 9.12. The zero-order chi connectivity index (χ0) is 46.3. The molecule has 0 spiro atoms. The molecule has 0 bridgehead atoms. The van der Waals surface area contributed by atoms with Crippen LogP contribution in [-0.2, 0) is 25.6 Å². The van der Waals surface area contributed by atoms with Crippen LogP contribution in [0.15, 0.2) is 30.5 Å². The number of benzene rings is 1. The van der Waals surface area contributed by atoms with Crippen molar-refractivity contribution in [2.24, 2.45) is 0 Å². The van der Waals surface area contributed by atoms with Crippen molar-refractivity contribution in [3.05, 3.63) is 40.6 Å². The van der Waals surface area contributed by atoms with Crippen LogP contribution < -0.4 is 0 Å². The molecule has 0 aliphatic heterocycles. The molecule has 2 aromatic rings. The predicted molar refractivity (Wildman–Crippen MR) is 269 cm³/mol. The number of unbranched alkanes of at least 4 members (excludes halogenated alkanes) is 23. The van der Waals surface area contributed by atoms with Gasteiger partial charge in [0.25, 0.3) is 5.69 Å². The minimum atomic E-state index is -0.331. The molecule has 0 radical (unpaired) electrons. The number of hydrogen-bond donors (Lipinski definition) is 0. The lowest BCUT2D eigenvalue weighted by Crippen LogP contribution is -2.28. The van der Waals surface area contributed by atoms with Gasteiger partial charge < -0.3 is 18.9 Å². The average molecular weight is 896 g/mol. The fraction of sp³-hybridized carbons (Fsp3) is 0.818. The van der Waals surface area contributed by atoms with Crippen LogP contribution in [0, 0.1) is 10.1 Å². The third-order valence-corrected chi connectivity index (χ3v) is 13.2. The van der Waals surface area contributed by atoms with E-state index in [1.54, 1.807) is 12.1 Å². The van der Waals surface area contributed by atoms with E-state index in [1.165, 1.54) is 116 Å². The van der Waals surface area contributed by atoms with Gasteiger partial charge in [-0.15, -0.1) is 0 Å². The summed E-state index contributed by atoms with van der Waals surface area (Å²) in [5, 5.41) is 12.2. The standard InChI is InChI=1S/C55H97N3O6/c1-5-9-12-15-20-27-35-51(8-4)63-54(59)38-30-23-18-25-32-43-56(45-34-46-57-47-42-49-48-50(58(61)62)40-41-53(49)57)44-33-26-19-24-31-39-55(60)64-52(36-28-21-16-13-10-6-2)37-29-22-17-14-11-7-3/h40-42,47-48,51-52H,5-39,43-46H2,1-4H3. The number of nitro groups is 1. The largest absolute Gasteiger partial charge is 0.462 e. The molecule has 0 saturated carbocycles. The number of non-ortho nitro benzene ring substituents is 1. The van der Waals surface area contributed by atoms with Crippen LogP contribution in [0.4, 0.5) is 5.69 Å². The molecule has 9 heteroatoms. The summed E-state index contributed by atoms with van der Waals surface area (Å²) >= 11 is 0. The van der Waals surface area contributed by atoms with Crippen molar-refractivity contribution < 1.29 is 24.0 Å². The molecule has 1 aromatic heterocycles. The van der Waals surface area contributed by atoms with E-state index in [4.69, 9.17) is 9.47 Å². The van der Waals surface area contributed by atoms with Crippen molar-refractivity contribution in [3.8, 4) is 0 Å². The summed E-state index contributed by atoms with van der Waals surface area (Å²) in [5.41, 5.74) is 1.17. The number of esters is 2. The average Bonchev–Trinajstić information content (AvgIpc) is 3.70. The van der Waals surface area contributed by atoms with Gasteiger partial charge in [0.05, 0.1) is 4.92 Å². The minimum absolute atomic E-state index is 0.00528. The molecule has 1 unspecified atom stereocenters.